The second-order valence-electron chi connectivity index (χ2n) is 8.81. The highest BCUT2D eigenvalue weighted by molar-refractivity contribution is 6.30. The summed E-state index contributed by atoms with van der Waals surface area (Å²) in [6.07, 6.45) is 5.55. The van der Waals surface area contributed by atoms with Crippen LogP contribution < -0.4 is 9.47 Å². The molecule has 1 heterocycles. The van der Waals surface area contributed by atoms with E-state index in [-0.39, 0.29) is 19.0 Å². The van der Waals surface area contributed by atoms with Crippen molar-refractivity contribution in [3.05, 3.63) is 58.4 Å². The van der Waals surface area contributed by atoms with E-state index in [2.05, 4.69) is 0 Å². The average molecular weight is 477 g/mol. The third kappa shape index (κ3) is 6.18. The van der Waals surface area contributed by atoms with Crippen LogP contribution in [0.4, 0.5) is 4.39 Å². The molecule has 2 aromatic rings. The van der Waals surface area contributed by atoms with E-state index >= 15 is 0 Å². The number of esters is 1. The first-order chi connectivity index (χ1) is 16.0. The Morgan fingerprint density at radius 1 is 1.09 bits per heavy atom. The fourth-order valence-corrected chi connectivity index (χ4v) is 4.91. The highest BCUT2D eigenvalue weighted by atomic mass is 35.5. The van der Waals surface area contributed by atoms with E-state index in [1.807, 2.05) is 12.1 Å². The van der Waals surface area contributed by atoms with Crippen LogP contribution in [0.5, 0.6) is 11.5 Å². The van der Waals surface area contributed by atoms with Crippen molar-refractivity contribution in [2.24, 2.45) is 5.92 Å². The maximum atomic E-state index is 13.1. The first-order valence-corrected chi connectivity index (χ1v) is 12.1. The van der Waals surface area contributed by atoms with Crippen molar-refractivity contribution in [3.8, 4) is 11.5 Å². The van der Waals surface area contributed by atoms with E-state index < -0.39 is 18.0 Å². The zero-order chi connectivity index (χ0) is 23.2. The van der Waals surface area contributed by atoms with Crippen LogP contribution in [0.25, 0.3) is 0 Å². The van der Waals surface area contributed by atoms with Crippen LogP contribution in [-0.4, -0.2) is 37.0 Å². The quantitative estimate of drug-likeness (QED) is 0.385. The van der Waals surface area contributed by atoms with Crippen molar-refractivity contribution in [1.29, 1.82) is 0 Å². The molecular weight excluding hydrogens is 447 g/mol. The van der Waals surface area contributed by atoms with Gasteiger partial charge in [0.15, 0.2) is 0 Å². The number of aliphatic hydroxyl groups is 1. The molecule has 0 amide bonds. The van der Waals surface area contributed by atoms with Crippen molar-refractivity contribution < 1.29 is 28.5 Å². The number of hydrogen-bond donors (Lipinski definition) is 1. The molecule has 0 radical (unpaired) electrons. The third-order valence-electron chi connectivity index (χ3n) is 6.46. The van der Waals surface area contributed by atoms with Gasteiger partial charge in [-0.25, -0.2) is 4.39 Å². The van der Waals surface area contributed by atoms with Crippen molar-refractivity contribution in [2.75, 3.05) is 19.8 Å². The van der Waals surface area contributed by atoms with E-state index in [1.54, 1.807) is 12.1 Å². The van der Waals surface area contributed by atoms with Gasteiger partial charge in [0.05, 0.1) is 19.3 Å². The molecule has 0 bridgehead atoms. The Morgan fingerprint density at radius 3 is 2.58 bits per heavy atom. The molecule has 178 valence electrons. The predicted molar refractivity (Wildman–Crippen MR) is 123 cm³/mol. The Labute approximate surface area is 198 Å². The first kappa shape index (κ1) is 23.8. The largest absolute Gasteiger partial charge is 0.494 e. The zero-order valence-corrected chi connectivity index (χ0v) is 19.4. The number of hydrogen-bond acceptors (Lipinski definition) is 5. The van der Waals surface area contributed by atoms with Crippen LogP contribution in [0, 0.1) is 11.7 Å². The summed E-state index contributed by atoms with van der Waals surface area (Å²) in [6, 6.07) is 9.84. The van der Waals surface area contributed by atoms with Crippen molar-refractivity contribution in [1.82, 2.24) is 0 Å². The minimum atomic E-state index is -0.763. The van der Waals surface area contributed by atoms with Gasteiger partial charge in [0.25, 0.3) is 0 Å². The molecule has 4 rings (SSSR count). The summed E-state index contributed by atoms with van der Waals surface area (Å²) in [5.41, 5.74) is 2.04. The van der Waals surface area contributed by atoms with Crippen molar-refractivity contribution in [3.63, 3.8) is 0 Å². The summed E-state index contributed by atoms with van der Waals surface area (Å²) >= 11 is 6.48. The number of cyclic esters (lactones) is 1. The number of carbonyl (C=O) groups is 1. The van der Waals surface area contributed by atoms with E-state index in [9.17, 15) is 14.3 Å². The number of ether oxygens (including phenoxy) is 3. The Hall–Kier alpha value is -2.31. The van der Waals surface area contributed by atoms with Crippen LogP contribution in [-0.2, 0) is 16.0 Å². The number of halogens is 2. The molecule has 2 atom stereocenters. The minimum absolute atomic E-state index is 0.0699. The molecule has 33 heavy (non-hydrogen) atoms. The van der Waals surface area contributed by atoms with Crippen LogP contribution in [0.1, 0.15) is 55.6 Å². The highest BCUT2D eigenvalue weighted by Gasteiger charge is 2.34. The molecule has 0 spiro atoms. The topological polar surface area (TPSA) is 65.0 Å². The summed E-state index contributed by atoms with van der Waals surface area (Å²) in [6.45, 7) is 0.772. The molecule has 2 fully saturated rings. The molecule has 0 aromatic heterocycles. The summed E-state index contributed by atoms with van der Waals surface area (Å²) in [4.78, 5) is 12.1. The molecule has 1 aliphatic heterocycles. The first-order valence-electron chi connectivity index (χ1n) is 11.7. The van der Waals surface area contributed by atoms with E-state index in [0.29, 0.717) is 42.6 Å². The lowest BCUT2D eigenvalue weighted by molar-refractivity contribution is -0.162. The Kier molecular flexibility index (Phi) is 8.10. The van der Waals surface area contributed by atoms with Crippen LogP contribution in [0.2, 0.25) is 5.02 Å². The smallest absolute Gasteiger partial charge is 0.315 e. The number of carbonyl (C=O) groups excluding carboxylic acids is 1. The summed E-state index contributed by atoms with van der Waals surface area (Å²) < 4.78 is 30.2. The second-order valence-corrected chi connectivity index (χ2v) is 9.25. The highest BCUT2D eigenvalue weighted by Crippen LogP contribution is 2.42. The number of rotatable bonds is 9. The molecule has 7 heteroatoms. The van der Waals surface area contributed by atoms with Gasteiger partial charge < -0.3 is 19.3 Å². The SMILES string of the molecule is O=C1OCC[C@@H](O)[C@@H]1COc1c(CCCOc2ccc(F)cc2)cc(Cl)cc1C1CCCC1. The van der Waals surface area contributed by atoms with Gasteiger partial charge in [0.2, 0.25) is 0 Å². The molecule has 1 aliphatic carbocycles. The average Bonchev–Trinajstić information content (AvgIpc) is 3.33. The van der Waals surface area contributed by atoms with Gasteiger partial charge in [-0.1, -0.05) is 24.4 Å². The zero-order valence-electron chi connectivity index (χ0n) is 18.6. The molecule has 5 nitrogen and oxygen atoms in total. The van der Waals surface area contributed by atoms with Gasteiger partial charge in [-0.15, -0.1) is 0 Å². The van der Waals surface area contributed by atoms with E-state index in [4.69, 9.17) is 25.8 Å². The van der Waals surface area contributed by atoms with Crippen molar-refractivity contribution >= 4 is 17.6 Å². The van der Waals surface area contributed by atoms with Gasteiger partial charge in [-0.2, -0.15) is 0 Å². The Balaban J connectivity index is 1.48. The number of aliphatic hydroxyl groups excluding tert-OH is 1. The van der Waals surface area contributed by atoms with E-state index in [1.165, 1.54) is 25.0 Å². The fraction of sp³-hybridized carbons (Fsp3) is 0.500. The maximum Gasteiger partial charge on any atom is 0.315 e. The summed E-state index contributed by atoms with van der Waals surface area (Å²) in [5.74, 6) is 0.347. The lowest BCUT2D eigenvalue weighted by atomic mass is 9.93. The van der Waals surface area contributed by atoms with Crippen LogP contribution >= 0.6 is 11.6 Å². The van der Waals surface area contributed by atoms with E-state index in [0.717, 1.165) is 29.7 Å². The summed E-state index contributed by atoms with van der Waals surface area (Å²) in [5, 5.41) is 10.9. The van der Waals surface area contributed by atoms with Crippen LogP contribution in [0.3, 0.4) is 0 Å². The Bertz CT molecular complexity index is 942. The molecule has 1 saturated carbocycles. The standard InChI is InChI=1S/C26H30ClFO5/c27-19-14-18(6-3-12-31-21-9-7-20(28)8-10-21)25(22(15-19)17-4-1-2-5-17)33-16-23-24(29)11-13-32-26(23)30/h7-10,14-15,17,23-24,29H,1-6,11-13,16H2/t23-,24+/m0/s1. The van der Waals surface area contributed by atoms with Crippen LogP contribution in [0.15, 0.2) is 36.4 Å². The van der Waals surface area contributed by atoms with Gasteiger partial charge in [-0.3, -0.25) is 4.79 Å². The predicted octanol–water partition coefficient (Wildman–Crippen LogP) is 5.45. The Morgan fingerprint density at radius 2 is 1.85 bits per heavy atom. The third-order valence-corrected chi connectivity index (χ3v) is 6.68. The van der Waals surface area contributed by atoms with Gasteiger partial charge in [0, 0.05) is 11.4 Å². The van der Waals surface area contributed by atoms with Gasteiger partial charge >= 0.3 is 5.97 Å². The molecule has 2 aromatic carbocycles. The number of aryl methyl sites for hydroxylation is 1. The minimum Gasteiger partial charge on any atom is -0.494 e. The van der Waals surface area contributed by atoms with Crippen molar-refractivity contribution in [2.45, 2.75) is 57.0 Å². The van der Waals surface area contributed by atoms with Gasteiger partial charge in [0.1, 0.15) is 29.8 Å². The molecule has 2 aliphatic rings. The molecule has 1 saturated heterocycles. The van der Waals surface area contributed by atoms with Gasteiger partial charge in [-0.05, 0) is 79.1 Å². The molecule has 0 unspecified atom stereocenters. The number of benzene rings is 2. The maximum absolute atomic E-state index is 13.1. The lowest BCUT2D eigenvalue weighted by Gasteiger charge is -2.28. The normalized spacial score (nSPS) is 21.1. The fourth-order valence-electron chi connectivity index (χ4n) is 4.66. The summed E-state index contributed by atoms with van der Waals surface area (Å²) in [7, 11) is 0. The monoisotopic (exact) mass is 476 g/mol. The molecular formula is C26H30ClFO5. The molecule has 1 N–H and O–H groups in total. The second kappa shape index (κ2) is 11.2. The lowest BCUT2D eigenvalue weighted by Crippen LogP contribution is -2.40.